The second kappa shape index (κ2) is 8.68. The Kier molecular flexibility index (Phi) is 5.65. The van der Waals surface area contributed by atoms with Crippen molar-refractivity contribution in [2.24, 2.45) is 0 Å². The maximum Gasteiger partial charge on any atom is 0.226 e. The standard InChI is InChI=1S/C22H23N5O2/c1-2-27-18-12-7-6-11-17(18)24-19(27)15-23-20(28)13-8-14-21-25-22(26-29-21)16-9-4-3-5-10-16/h3-7,9-12H,2,8,13-15H2,1H3,(H,23,28). The van der Waals surface area contributed by atoms with Gasteiger partial charge in [-0.25, -0.2) is 4.98 Å². The van der Waals surface area contributed by atoms with E-state index in [1.165, 1.54) is 0 Å². The third-order valence-electron chi connectivity index (χ3n) is 4.79. The van der Waals surface area contributed by atoms with E-state index in [0.717, 1.165) is 29.0 Å². The highest BCUT2D eigenvalue weighted by atomic mass is 16.5. The number of carbonyl (C=O) groups is 1. The third kappa shape index (κ3) is 4.34. The van der Waals surface area contributed by atoms with E-state index in [0.29, 0.717) is 37.5 Å². The molecular weight excluding hydrogens is 366 g/mol. The third-order valence-corrected chi connectivity index (χ3v) is 4.79. The van der Waals surface area contributed by atoms with Gasteiger partial charge in [0.2, 0.25) is 17.6 Å². The monoisotopic (exact) mass is 389 g/mol. The molecule has 7 heteroatoms. The molecule has 0 bridgehead atoms. The van der Waals surface area contributed by atoms with Crippen molar-refractivity contribution in [3.05, 3.63) is 66.3 Å². The van der Waals surface area contributed by atoms with Gasteiger partial charge in [0.05, 0.1) is 17.6 Å². The second-order valence-electron chi connectivity index (χ2n) is 6.77. The van der Waals surface area contributed by atoms with Crippen LogP contribution in [0.2, 0.25) is 0 Å². The summed E-state index contributed by atoms with van der Waals surface area (Å²) in [7, 11) is 0. The van der Waals surface area contributed by atoms with Gasteiger partial charge in [0.25, 0.3) is 0 Å². The molecule has 0 unspecified atom stereocenters. The summed E-state index contributed by atoms with van der Waals surface area (Å²) in [5.41, 5.74) is 2.95. The smallest absolute Gasteiger partial charge is 0.226 e. The predicted molar refractivity (Wildman–Crippen MR) is 110 cm³/mol. The summed E-state index contributed by atoms with van der Waals surface area (Å²) in [6.45, 7) is 3.31. The lowest BCUT2D eigenvalue weighted by molar-refractivity contribution is -0.121. The van der Waals surface area contributed by atoms with E-state index in [-0.39, 0.29) is 5.91 Å². The van der Waals surface area contributed by atoms with Crippen LogP contribution in [0.4, 0.5) is 0 Å². The number of aryl methyl sites for hydroxylation is 2. The zero-order valence-electron chi connectivity index (χ0n) is 16.3. The Morgan fingerprint density at radius 1 is 1.07 bits per heavy atom. The van der Waals surface area contributed by atoms with Crippen LogP contribution in [0, 0.1) is 0 Å². The predicted octanol–water partition coefficient (Wildman–Crippen LogP) is 3.75. The number of imidazole rings is 1. The zero-order valence-corrected chi connectivity index (χ0v) is 16.3. The van der Waals surface area contributed by atoms with E-state index >= 15 is 0 Å². The number of aromatic nitrogens is 4. The molecule has 2 aromatic heterocycles. The molecule has 148 valence electrons. The summed E-state index contributed by atoms with van der Waals surface area (Å²) in [6, 6.07) is 17.7. The first-order valence-electron chi connectivity index (χ1n) is 9.83. The van der Waals surface area contributed by atoms with Gasteiger partial charge in [0.15, 0.2) is 0 Å². The lowest BCUT2D eigenvalue weighted by Gasteiger charge is -2.07. The summed E-state index contributed by atoms with van der Waals surface area (Å²) >= 11 is 0. The van der Waals surface area contributed by atoms with Crippen LogP contribution in [0.1, 0.15) is 31.5 Å². The minimum Gasteiger partial charge on any atom is -0.349 e. The van der Waals surface area contributed by atoms with Gasteiger partial charge < -0.3 is 14.4 Å². The summed E-state index contributed by atoms with van der Waals surface area (Å²) in [5, 5.41) is 6.97. The van der Waals surface area contributed by atoms with Gasteiger partial charge >= 0.3 is 0 Å². The molecule has 0 saturated carbocycles. The van der Waals surface area contributed by atoms with E-state index < -0.39 is 0 Å². The molecule has 0 saturated heterocycles. The highest BCUT2D eigenvalue weighted by Gasteiger charge is 2.12. The maximum atomic E-state index is 12.2. The van der Waals surface area contributed by atoms with Crippen molar-refractivity contribution in [3.63, 3.8) is 0 Å². The van der Waals surface area contributed by atoms with Gasteiger partial charge in [-0.2, -0.15) is 4.98 Å². The molecule has 1 N–H and O–H groups in total. The quantitative estimate of drug-likeness (QED) is 0.496. The van der Waals surface area contributed by atoms with Crippen molar-refractivity contribution in [2.75, 3.05) is 0 Å². The van der Waals surface area contributed by atoms with Crippen molar-refractivity contribution in [3.8, 4) is 11.4 Å². The fourth-order valence-electron chi connectivity index (χ4n) is 3.34. The summed E-state index contributed by atoms with van der Waals surface area (Å²) in [4.78, 5) is 21.3. The summed E-state index contributed by atoms with van der Waals surface area (Å²) in [6.07, 6.45) is 1.61. The van der Waals surface area contributed by atoms with Crippen molar-refractivity contribution < 1.29 is 9.32 Å². The minimum absolute atomic E-state index is 0.0116. The molecule has 0 radical (unpaired) electrons. The average Bonchev–Trinajstić information content (AvgIpc) is 3.37. The van der Waals surface area contributed by atoms with Gasteiger partial charge in [0, 0.05) is 24.9 Å². The molecule has 0 aliphatic heterocycles. The van der Waals surface area contributed by atoms with Crippen LogP contribution in [0.5, 0.6) is 0 Å². The first-order chi connectivity index (χ1) is 14.2. The summed E-state index contributed by atoms with van der Waals surface area (Å²) < 4.78 is 7.41. The number of rotatable bonds is 8. The fourth-order valence-corrected chi connectivity index (χ4v) is 3.34. The van der Waals surface area contributed by atoms with E-state index in [9.17, 15) is 4.79 Å². The second-order valence-corrected chi connectivity index (χ2v) is 6.77. The van der Waals surface area contributed by atoms with E-state index in [2.05, 4.69) is 31.9 Å². The van der Waals surface area contributed by atoms with Gasteiger partial charge in [0.1, 0.15) is 5.82 Å². The largest absolute Gasteiger partial charge is 0.349 e. The van der Waals surface area contributed by atoms with Crippen LogP contribution in [-0.4, -0.2) is 25.6 Å². The number of carbonyl (C=O) groups excluding carboxylic acids is 1. The minimum atomic E-state index is -0.0116. The topological polar surface area (TPSA) is 85.8 Å². The van der Waals surface area contributed by atoms with Crippen LogP contribution in [0.25, 0.3) is 22.4 Å². The van der Waals surface area contributed by atoms with Crippen LogP contribution >= 0.6 is 0 Å². The molecular formula is C22H23N5O2. The lowest BCUT2D eigenvalue weighted by atomic mass is 10.2. The Morgan fingerprint density at radius 3 is 2.69 bits per heavy atom. The molecule has 2 heterocycles. The highest BCUT2D eigenvalue weighted by Crippen LogP contribution is 2.17. The molecule has 1 amide bonds. The van der Waals surface area contributed by atoms with Gasteiger partial charge in [-0.3, -0.25) is 4.79 Å². The molecule has 0 atom stereocenters. The molecule has 0 spiro atoms. The Morgan fingerprint density at radius 2 is 1.86 bits per heavy atom. The number of nitrogens with zero attached hydrogens (tertiary/aromatic N) is 4. The normalized spacial score (nSPS) is 11.1. The first kappa shape index (κ1) is 18.9. The number of fused-ring (bicyclic) bond motifs is 1. The van der Waals surface area contributed by atoms with Crippen LogP contribution in [-0.2, 0) is 24.3 Å². The van der Waals surface area contributed by atoms with E-state index in [1.54, 1.807) is 0 Å². The van der Waals surface area contributed by atoms with E-state index in [1.807, 2.05) is 54.6 Å². The van der Waals surface area contributed by atoms with Crippen molar-refractivity contribution in [2.45, 2.75) is 39.3 Å². The van der Waals surface area contributed by atoms with Crippen LogP contribution in [0.3, 0.4) is 0 Å². The SMILES string of the molecule is CCn1c(CNC(=O)CCCc2nc(-c3ccccc3)no2)nc2ccccc21. The molecule has 0 aliphatic carbocycles. The number of benzene rings is 2. The molecule has 0 fully saturated rings. The number of hydrogen-bond donors (Lipinski definition) is 1. The Balaban J connectivity index is 1.27. The maximum absolute atomic E-state index is 12.2. The molecule has 4 rings (SSSR count). The van der Waals surface area contributed by atoms with Crippen molar-refractivity contribution in [1.29, 1.82) is 0 Å². The average molecular weight is 389 g/mol. The number of amides is 1. The van der Waals surface area contributed by atoms with Gasteiger partial charge in [-0.05, 0) is 25.5 Å². The van der Waals surface area contributed by atoms with Crippen molar-refractivity contribution >= 4 is 16.9 Å². The Bertz CT molecular complexity index is 1100. The summed E-state index contributed by atoms with van der Waals surface area (Å²) in [5.74, 6) is 1.97. The Labute approximate surface area is 168 Å². The first-order valence-corrected chi connectivity index (χ1v) is 9.83. The number of hydrogen-bond acceptors (Lipinski definition) is 5. The highest BCUT2D eigenvalue weighted by molar-refractivity contribution is 5.77. The number of para-hydroxylation sites is 2. The van der Waals surface area contributed by atoms with Crippen LogP contribution < -0.4 is 5.32 Å². The van der Waals surface area contributed by atoms with Crippen molar-refractivity contribution in [1.82, 2.24) is 25.0 Å². The zero-order chi connectivity index (χ0) is 20.1. The molecule has 4 aromatic rings. The number of nitrogens with one attached hydrogen (secondary N) is 1. The van der Waals surface area contributed by atoms with Gasteiger partial charge in [-0.1, -0.05) is 47.6 Å². The molecule has 2 aromatic carbocycles. The van der Waals surface area contributed by atoms with E-state index in [4.69, 9.17) is 4.52 Å². The molecule has 0 aliphatic rings. The molecule has 29 heavy (non-hydrogen) atoms. The fraction of sp³-hybridized carbons (Fsp3) is 0.273. The van der Waals surface area contributed by atoms with Gasteiger partial charge in [-0.15, -0.1) is 0 Å². The Hall–Kier alpha value is -3.48. The lowest BCUT2D eigenvalue weighted by Crippen LogP contribution is -2.24. The molecule has 7 nitrogen and oxygen atoms in total. The van der Waals surface area contributed by atoms with Crippen LogP contribution in [0.15, 0.2) is 59.1 Å².